The number of urea groups is 1. The van der Waals surface area contributed by atoms with Crippen LogP contribution in [0.5, 0.6) is 0 Å². The summed E-state index contributed by atoms with van der Waals surface area (Å²) >= 11 is 1.91. The summed E-state index contributed by atoms with van der Waals surface area (Å²) in [5, 5.41) is 14.9. The Kier molecular flexibility index (Phi) is 5.92. The molecule has 6 heteroatoms. The normalized spacial score (nSPS) is 18.0. The molecule has 0 bridgehead atoms. The van der Waals surface area contributed by atoms with E-state index in [-0.39, 0.29) is 12.5 Å². The number of aliphatic carboxylic acids is 1. The molecular weight excluding hydrogens is 288 g/mol. The fourth-order valence-electron chi connectivity index (χ4n) is 2.28. The van der Waals surface area contributed by atoms with Crippen molar-refractivity contribution in [2.45, 2.75) is 30.9 Å². The summed E-state index contributed by atoms with van der Waals surface area (Å²) < 4.78 is 0. The van der Waals surface area contributed by atoms with E-state index in [0.717, 1.165) is 6.42 Å². The van der Waals surface area contributed by atoms with Gasteiger partial charge in [0.05, 0.1) is 6.42 Å². The predicted molar refractivity (Wildman–Crippen MR) is 84.9 cm³/mol. The fraction of sp³-hybridized carbons (Fsp3) is 0.467. The lowest BCUT2D eigenvalue weighted by atomic mass is 10.1. The molecule has 114 valence electrons. The number of carbonyl (C=O) groups excluding carboxylic acids is 1. The molecule has 0 aliphatic carbocycles. The first-order valence-corrected chi connectivity index (χ1v) is 8.15. The molecule has 0 radical (unpaired) electrons. The predicted octanol–water partition coefficient (Wildman–Crippen LogP) is 2.72. The highest BCUT2D eigenvalue weighted by atomic mass is 32.2. The van der Waals surface area contributed by atoms with Crippen molar-refractivity contribution < 1.29 is 14.7 Å². The zero-order valence-corrected chi connectivity index (χ0v) is 12.6. The Bertz CT molecular complexity index is 501. The van der Waals surface area contributed by atoms with Gasteiger partial charge in [0, 0.05) is 17.5 Å². The Morgan fingerprint density at radius 2 is 2.19 bits per heavy atom. The number of benzene rings is 1. The van der Waals surface area contributed by atoms with E-state index < -0.39 is 5.97 Å². The van der Waals surface area contributed by atoms with E-state index >= 15 is 0 Å². The van der Waals surface area contributed by atoms with Crippen LogP contribution in [0.3, 0.4) is 0 Å². The van der Waals surface area contributed by atoms with Gasteiger partial charge in [-0.3, -0.25) is 4.79 Å². The molecule has 21 heavy (non-hydrogen) atoms. The quantitative estimate of drug-likeness (QED) is 0.781. The molecule has 0 saturated carbocycles. The number of rotatable bonds is 5. The van der Waals surface area contributed by atoms with Crippen molar-refractivity contribution in [2.75, 3.05) is 17.6 Å². The molecule has 1 atom stereocenters. The van der Waals surface area contributed by atoms with Crippen molar-refractivity contribution in [3.8, 4) is 0 Å². The van der Waals surface area contributed by atoms with Crippen LogP contribution < -0.4 is 10.6 Å². The number of carboxylic acids is 1. The average molecular weight is 308 g/mol. The number of carboxylic acid groups (broad SMARTS) is 1. The molecule has 1 heterocycles. The Morgan fingerprint density at radius 3 is 2.90 bits per heavy atom. The molecule has 1 aliphatic heterocycles. The first-order valence-electron chi connectivity index (χ1n) is 7.10. The van der Waals surface area contributed by atoms with E-state index in [1.807, 2.05) is 11.8 Å². The summed E-state index contributed by atoms with van der Waals surface area (Å²) in [5.41, 5.74) is 1.28. The van der Waals surface area contributed by atoms with Gasteiger partial charge in [-0.05, 0) is 36.3 Å². The van der Waals surface area contributed by atoms with Crippen molar-refractivity contribution in [3.63, 3.8) is 0 Å². The lowest BCUT2D eigenvalue weighted by Crippen LogP contribution is -2.35. The second-order valence-corrected chi connectivity index (χ2v) is 6.50. The molecule has 1 saturated heterocycles. The number of hydrogen-bond acceptors (Lipinski definition) is 3. The highest BCUT2D eigenvalue weighted by Crippen LogP contribution is 2.24. The minimum absolute atomic E-state index is 0.0458. The van der Waals surface area contributed by atoms with Crippen LogP contribution in [0.4, 0.5) is 10.5 Å². The van der Waals surface area contributed by atoms with Crippen LogP contribution in [0, 0.1) is 0 Å². The van der Waals surface area contributed by atoms with Crippen LogP contribution in [-0.4, -0.2) is 34.7 Å². The number of hydrogen-bond donors (Lipinski definition) is 3. The highest BCUT2D eigenvalue weighted by molar-refractivity contribution is 7.99. The number of nitrogens with one attached hydrogen (secondary N) is 2. The molecule has 2 amide bonds. The van der Waals surface area contributed by atoms with Gasteiger partial charge in [0.25, 0.3) is 0 Å². The average Bonchev–Trinajstić information content (AvgIpc) is 2.46. The maximum Gasteiger partial charge on any atom is 0.319 e. The van der Waals surface area contributed by atoms with E-state index in [0.29, 0.717) is 23.0 Å². The maximum atomic E-state index is 11.8. The molecule has 0 spiro atoms. The fourth-order valence-corrected chi connectivity index (χ4v) is 3.52. The number of amides is 2. The third-order valence-corrected chi connectivity index (χ3v) is 4.70. The van der Waals surface area contributed by atoms with Gasteiger partial charge in [0.2, 0.25) is 0 Å². The van der Waals surface area contributed by atoms with Crippen LogP contribution in [0.15, 0.2) is 24.3 Å². The van der Waals surface area contributed by atoms with Crippen LogP contribution in [-0.2, 0) is 11.2 Å². The lowest BCUT2D eigenvalue weighted by molar-refractivity contribution is -0.136. The second kappa shape index (κ2) is 7.93. The standard InChI is InChI=1S/C15H20N2O3S/c18-14(19)9-11-4-3-5-12(8-11)17-15(20)16-10-13-6-1-2-7-21-13/h3-5,8,13H,1-2,6-7,9-10H2,(H,18,19)(H2,16,17,20). The van der Waals surface area contributed by atoms with Crippen LogP contribution in [0.1, 0.15) is 24.8 Å². The Hall–Kier alpha value is -1.69. The van der Waals surface area contributed by atoms with Gasteiger partial charge in [0.15, 0.2) is 0 Å². The molecule has 1 unspecified atom stereocenters. The highest BCUT2D eigenvalue weighted by Gasteiger charge is 2.14. The number of anilines is 1. The monoisotopic (exact) mass is 308 g/mol. The first-order chi connectivity index (χ1) is 10.1. The van der Waals surface area contributed by atoms with Gasteiger partial charge < -0.3 is 15.7 Å². The van der Waals surface area contributed by atoms with Gasteiger partial charge >= 0.3 is 12.0 Å². The second-order valence-electron chi connectivity index (χ2n) is 5.09. The maximum absolute atomic E-state index is 11.8. The molecular formula is C15H20N2O3S. The SMILES string of the molecule is O=C(O)Cc1cccc(NC(=O)NCC2CCCCS2)c1. The Labute approximate surface area is 128 Å². The third kappa shape index (κ3) is 5.67. The van der Waals surface area contributed by atoms with Crippen LogP contribution >= 0.6 is 11.8 Å². The smallest absolute Gasteiger partial charge is 0.319 e. The topological polar surface area (TPSA) is 78.4 Å². The summed E-state index contributed by atoms with van der Waals surface area (Å²) in [6.45, 7) is 0.672. The van der Waals surface area contributed by atoms with E-state index in [4.69, 9.17) is 5.11 Å². The molecule has 2 rings (SSSR count). The molecule has 1 aromatic carbocycles. The third-order valence-electron chi connectivity index (χ3n) is 3.30. The van der Waals surface area contributed by atoms with Gasteiger partial charge in [-0.15, -0.1) is 0 Å². The van der Waals surface area contributed by atoms with Gasteiger partial charge in [-0.2, -0.15) is 11.8 Å². The molecule has 1 aliphatic rings. The Balaban J connectivity index is 1.80. The van der Waals surface area contributed by atoms with Crippen LogP contribution in [0.25, 0.3) is 0 Å². The molecule has 0 aromatic heterocycles. The zero-order chi connectivity index (χ0) is 15.1. The molecule has 3 N–H and O–H groups in total. The van der Waals surface area contributed by atoms with E-state index in [1.165, 1.54) is 18.6 Å². The molecule has 1 aromatic rings. The Morgan fingerprint density at radius 1 is 1.33 bits per heavy atom. The van der Waals surface area contributed by atoms with Crippen molar-refractivity contribution in [1.82, 2.24) is 5.32 Å². The summed E-state index contributed by atoms with van der Waals surface area (Å²) in [5.74, 6) is 0.288. The molecule has 5 nitrogen and oxygen atoms in total. The van der Waals surface area contributed by atoms with Crippen molar-refractivity contribution >= 4 is 29.4 Å². The summed E-state index contributed by atoms with van der Waals surface area (Å²) in [6, 6.07) is 6.66. The zero-order valence-electron chi connectivity index (χ0n) is 11.8. The summed E-state index contributed by atoms with van der Waals surface area (Å²) in [6.07, 6.45) is 3.61. The van der Waals surface area contributed by atoms with Gasteiger partial charge in [0.1, 0.15) is 0 Å². The van der Waals surface area contributed by atoms with E-state index in [1.54, 1.807) is 24.3 Å². The summed E-state index contributed by atoms with van der Waals surface area (Å²) in [4.78, 5) is 22.5. The minimum Gasteiger partial charge on any atom is -0.481 e. The largest absolute Gasteiger partial charge is 0.481 e. The van der Waals surface area contributed by atoms with Crippen molar-refractivity contribution in [1.29, 1.82) is 0 Å². The number of carbonyl (C=O) groups is 2. The van der Waals surface area contributed by atoms with Crippen molar-refractivity contribution in [3.05, 3.63) is 29.8 Å². The lowest BCUT2D eigenvalue weighted by Gasteiger charge is -2.21. The van der Waals surface area contributed by atoms with Gasteiger partial charge in [-0.25, -0.2) is 4.79 Å². The first kappa shape index (κ1) is 15.7. The van der Waals surface area contributed by atoms with Crippen LogP contribution in [0.2, 0.25) is 0 Å². The van der Waals surface area contributed by atoms with Gasteiger partial charge in [-0.1, -0.05) is 18.6 Å². The van der Waals surface area contributed by atoms with E-state index in [2.05, 4.69) is 10.6 Å². The molecule has 1 fully saturated rings. The summed E-state index contributed by atoms with van der Waals surface area (Å²) in [7, 11) is 0. The van der Waals surface area contributed by atoms with Crippen molar-refractivity contribution in [2.24, 2.45) is 0 Å². The minimum atomic E-state index is -0.883. The van der Waals surface area contributed by atoms with E-state index in [9.17, 15) is 9.59 Å². The number of thioether (sulfide) groups is 1.